The minimum Gasteiger partial charge on any atom is -0.456 e. The lowest BCUT2D eigenvalue weighted by Crippen LogP contribution is -2.66. The number of aliphatic hydroxyl groups excluding tert-OH is 3. The average molecular weight is 810 g/mol. The van der Waals surface area contributed by atoms with Gasteiger partial charge in [-0.2, -0.15) is 0 Å². The van der Waals surface area contributed by atoms with E-state index in [-0.39, 0.29) is 55.6 Å². The van der Waals surface area contributed by atoms with E-state index in [4.69, 9.17) is 28.4 Å². The van der Waals surface area contributed by atoms with Gasteiger partial charge < -0.3 is 53.7 Å². The van der Waals surface area contributed by atoms with Gasteiger partial charge in [-0.15, -0.1) is 0 Å². The molecule has 0 spiro atoms. The molecule has 4 saturated heterocycles. The second-order valence-corrected chi connectivity index (χ2v) is 18.2. The van der Waals surface area contributed by atoms with Gasteiger partial charge in [-0.1, -0.05) is 33.8 Å². The van der Waals surface area contributed by atoms with Crippen molar-refractivity contribution in [3.63, 3.8) is 0 Å². The molecule has 5 aliphatic rings. The van der Waals surface area contributed by atoms with E-state index in [0.717, 1.165) is 0 Å². The van der Waals surface area contributed by atoms with Gasteiger partial charge in [0, 0.05) is 52.0 Å². The van der Waals surface area contributed by atoms with Crippen LogP contribution in [0, 0.1) is 29.6 Å². The average Bonchev–Trinajstić information content (AvgIpc) is 3.84. The van der Waals surface area contributed by atoms with E-state index in [1.807, 2.05) is 26.8 Å². The summed E-state index contributed by atoms with van der Waals surface area (Å²) in [7, 11) is 4.67. The fraction of sp³-hybridized carbons (Fsp3) is 0.884. The minimum atomic E-state index is -2.32. The Balaban J connectivity index is 1.52. The summed E-state index contributed by atoms with van der Waals surface area (Å²) in [6.45, 7) is 11.4. The standard InChI is InChI=1S/C43H71NO13/c1-10-28-32(47)21-31(46)26(5)36(24(3)18-27-14-15-30(45)33(20-27)52-7)55-41(50)29-13-11-12-16-44(29)40(49)38(48)43(51)25(4)19-35(54-9)37(56-43)34(53-8)17-23(2)22-42(6)39(28)57-42/h18,23,25-31,33-39,45-46,48,51H,10-17,19-22H2,1-9H3/b24-18+/t23-,25-,26-,27+,28+,29+,30-,31+,33-,34+,35+,36-,37-,38?,39-,42-,43-/m1/s1. The maximum Gasteiger partial charge on any atom is 0.329 e. The van der Waals surface area contributed by atoms with Gasteiger partial charge in [0.25, 0.3) is 5.91 Å². The van der Waals surface area contributed by atoms with Gasteiger partial charge in [0.15, 0.2) is 6.10 Å². The molecule has 17 atom stereocenters. The Morgan fingerprint density at radius 3 is 2.21 bits per heavy atom. The third kappa shape index (κ3) is 9.97. The molecule has 0 aromatic heterocycles. The number of amides is 1. The van der Waals surface area contributed by atoms with Crippen molar-refractivity contribution in [1.29, 1.82) is 0 Å². The summed E-state index contributed by atoms with van der Waals surface area (Å²) in [4.78, 5) is 43.9. The van der Waals surface area contributed by atoms with Crippen LogP contribution in [0.3, 0.4) is 0 Å². The van der Waals surface area contributed by atoms with Crippen molar-refractivity contribution >= 4 is 17.7 Å². The molecule has 1 amide bonds. The van der Waals surface area contributed by atoms with Gasteiger partial charge in [-0.25, -0.2) is 4.79 Å². The second kappa shape index (κ2) is 19.1. The number of hydrogen-bond donors (Lipinski definition) is 4. The van der Waals surface area contributed by atoms with Crippen LogP contribution in [0.1, 0.15) is 112 Å². The van der Waals surface area contributed by atoms with Crippen LogP contribution in [0.4, 0.5) is 0 Å². The van der Waals surface area contributed by atoms with E-state index in [1.54, 1.807) is 35.2 Å². The first-order valence-electron chi connectivity index (χ1n) is 21.3. The predicted octanol–water partition coefficient (Wildman–Crippen LogP) is 3.48. The Hall–Kier alpha value is -2.01. The van der Waals surface area contributed by atoms with Crippen molar-refractivity contribution in [2.45, 2.75) is 185 Å². The number of allylic oxidation sites excluding steroid dienone is 1. The molecule has 1 unspecified atom stereocenters. The topological polar surface area (TPSA) is 194 Å². The highest BCUT2D eigenvalue weighted by Crippen LogP contribution is 2.49. The Bertz CT molecular complexity index is 1430. The van der Waals surface area contributed by atoms with Crippen LogP contribution in [-0.2, 0) is 42.8 Å². The SMILES string of the molecule is CC[C@H]1C(=O)C[C@H](O)[C@@H](C)[C@@H](/C(C)=C/[C@@H]2CC[C@@H](O)[C@H](OC)C2)OC(=O)[C@@H]2CCCCN2C(=O)C(O)[C@]2(O)O[C@H]([C@@H](OC)C[C@@H](C)C[C@@]3(C)O[C@H]13)[C@@H](OC)C[C@H]2C. The number of methoxy groups -OCH3 is 3. The maximum atomic E-state index is 14.3. The number of fused-ring (bicyclic) bond motifs is 4. The Kier molecular flexibility index (Phi) is 15.5. The van der Waals surface area contributed by atoms with Crippen molar-refractivity contribution in [3.8, 4) is 0 Å². The molecule has 0 aromatic carbocycles. The quantitative estimate of drug-likeness (QED) is 0.173. The molecule has 1 aliphatic carbocycles. The molecule has 326 valence electrons. The molecule has 14 heteroatoms. The monoisotopic (exact) mass is 809 g/mol. The summed E-state index contributed by atoms with van der Waals surface area (Å²) in [5.74, 6) is -5.88. The second-order valence-electron chi connectivity index (χ2n) is 18.2. The van der Waals surface area contributed by atoms with E-state index in [9.17, 15) is 34.8 Å². The van der Waals surface area contributed by atoms with Gasteiger partial charge in [-0.3, -0.25) is 9.59 Å². The highest BCUT2D eigenvalue weighted by atomic mass is 16.7. The molecule has 2 bridgehead atoms. The first-order valence-corrected chi connectivity index (χ1v) is 21.3. The maximum absolute atomic E-state index is 14.3. The number of epoxide rings is 1. The van der Waals surface area contributed by atoms with Crippen LogP contribution in [0.15, 0.2) is 11.6 Å². The summed E-state index contributed by atoms with van der Waals surface area (Å²) in [6, 6.07) is -1.08. The molecule has 1 saturated carbocycles. The summed E-state index contributed by atoms with van der Waals surface area (Å²) in [6.07, 6.45) is -0.409. The van der Waals surface area contributed by atoms with Crippen molar-refractivity contribution in [3.05, 3.63) is 11.6 Å². The molecule has 0 radical (unpaired) electrons. The normalized spacial score (nSPS) is 46.0. The highest BCUT2D eigenvalue weighted by Gasteiger charge is 2.59. The molecular formula is C43H71NO13. The van der Waals surface area contributed by atoms with Gasteiger partial charge in [0.1, 0.15) is 24.0 Å². The summed E-state index contributed by atoms with van der Waals surface area (Å²) in [5.41, 5.74) is 0.0838. The fourth-order valence-electron chi connectivity index (χ4n) is 10.4. The molecule has 4 heterocycles. The lowest BCUT2D eigenvalue weighted by atomic mass is 9.79. The molecule has 57 heavy (non-hydrogen) atoms. The van der Waals surface area contributed by atoms with Crippen LogP contribution in [-0.4, -0.2) is 143 Å². The summed E-state index contributed by atoms with van der Waals surface area (Å²) >= 11 is 0. The van der Waals surface area contributed by atoms with Gasteiger partial charge >= 0.3 is 5.97 Å². The summed E-state index contributed by atoms with van der Waals surface area (Å²) < 4.78 is 36.3. The van der Waals surface area contributed by atoms with Crippen molar-refractivity contribution in [2.24, 2.45) is 29.6 Å². The number of ether oxygens (including phenoxy) is 6. The number of hydrogen-bond acceptors (Lipinski definition) is 13. The number of ketones is 1. The number of nitrogens with zero attached hydrogens (tertiary/aromatic N) is 1. The lowest BCUT2D eigenvalue weighted by Gasteiger charge is -2.49. The summed E-state index contributed by atoms with van der Waals surface area (Å²) in [5, 5.41) is 46.1. The smallest absolute Gasteiger partial charge is 0.329 e. The van der Waals surface area contributed by atoms with E-state index in [1.165, 1.54) is 4.90 Å². The predicted molar refractivity (Wildman–Crippen MR) is 209 cm³/mol. The van der Waals surface area contributed by atoms with Crippen molar-refractivity contribution in [1.82, 2.24) is 4.90 Å². The number of cyclic esters (lactones) is 1. The van der Waals surface area contributed by atoms with Gasteiger partial charge in [-0.05, 0) is 95.5 Å². The van der Waals surface area contributed by atoms with Gasteiger partial charge in [0.05, 0.1) is 42.2 Å². The van der Waals surface area contributed by atoms with Gasteiger partial charge in [0.2, 0.25) is 5.79 Å². The molecule has 5 fully saturated rings. The van der Waals surface area contributed by atoms with Crippen LogP contribution in [0.25, 0.3) is 0 Å². The number of piperidine rings is 1. The first-order chi connectivity index (χ1) is 26.9. The van der Waals surface area contributed by atoms with E-state index >= 15 is 0 Å². The number of rotatable bonds is 6. The van der Waals surface area contributed by atoms with E-state index in [0.29, 0.717) is 56.9 Å². The lowest BCUT2D eigenvalue weighted by molar-refractivity contribution is -0.346. The largest absolute Gasteiger partial charge is 0.456 e. The van der Waals surface area contributed by atoms with Crippen LogP contribution >= 0.6 is 0 Å². The number of carbonyl (C=O) groups excluding carboxylic acids is 3. The Labute approximate surface area is 338 Å². The molecule has 0 aromatic rings. The molecular weight excluding hydrogens is 738 g/mol. The van der Waals surface area contributed by atoms with Crippen molar-refractivity contribution < 1.29 is 63.2 Å². The zero-order valence-electron chi connectivity index (χ0n) is 35.6. The number of Topliss-reactive ketones (excluding diaryl/α,β-unsaturated/α-hetero) is 1. The number of aliphatic hydroxyl groups is 4. The Morgan fingerprint density at radius 2 is 1.56 bits per heavy atom. The first kappa shape index (κ1) is 46.1. The number of esters is 1. The zero-order valence-corrected chi connectivity index (χ0v) is 35.6. The third-order valence-electron chi connectivity index (χ3n) is 14.0. The molecule has 5 rings (SSSR count). The molecule has 14 nitrogen and oxygen atoms in total. The van der Waals surface area contributed by atoms with Crippen LogP contribution in [0.5, 0.6) is 0 Å². The van der Waals surface area contributed by atoms with E-state index < -0.39 is 89.8 Å². The highest BCUT2D eigenvalue weighted by molar-refractivity contribution is 5.88. The third-order valence-corrected chi connectivity index (χ3v) is 14.0. The van der Waals surface area contributed by atoms with Crippen molar-refractivity contribution in [2.75, 3.05) is 27.9 Å². The fourth-order valence-corrected chi connectivity index (χ4v) is 10.4. The van der Waals surface area contributed by atoms with Crippen LogP contribution < -0.4 is 0 Å². The van der Waals surface area contributed by atoms with E-state index in [2.05, 4.69) is 6.92 Å². The van der Waals surface area contributed by atoms with Crippen LogP contribution in [0.2, 0.25) is 0 Å². The molecule has 4 N–H and O–H groups in total. The number of carbonyl (C=O) groups is 3. The molecule has 4 aliphatic heterocycles. The minimum absolute atomic E-state index is 0.00472. The Morgan fingerprint density at radius 1 is 0.895 bits per heavy atom. The zero-order chi connectivity index (χ0) is 42.0.